The van der Waals surface area contributed by atoms with Gasteiger partial charge in [0, 0.05) is 9.79 Å². The van der Waals surface area contributed by atoms with Crippen molar-refractivity contribution in [1.29, 1.82) is 0 Å². The van der Waals surface area contributed by atoms with Gasteiger partial charge >= 0.3 is 0 Å². The van der Waals surface area contributed by atoms with Gasteiger partial charge in [0.05, 0.1) is 0 Å². The van der Waals surface area contributed by atoms with Crippen LogP contribution in [-0.4, -0.2) is 6.71 Å². The molecule has 5 aromatic carbocycles. The fourth-order valence-electron chi connectivity index (χ4n) is 5.19. The maximum atomic E-state index is 2.36. The summed E-state index contributed by atoms with van der Waals surface area (Å²) in [5.74, 6) is 0. The molecule has 5 aromatic rings. The summed E-state index contributed by atoms with van der Waals surface area (Å²) in [7, 11) is 0. The molecule has 0 aliphatic carbocycles. The van der Waals surface area contributed by atoms with E-state index in [1.165, 1.54) is 58.9 Å². The first kappa shape index (κ1) is 15.0. The third-order valence-electron chi connectivity index (χ3n) is 6.33. The van der Waals surface area contributed by atoms with Crippen molar-refractivity contribution >= 4 is 56.4 Å². The van der Waals surface area contributed by atoms with Crippen LogP contribution in [0.3, 0.4) is 0 Å². The molecule has 2 heteroatoms. The second-order valence-corrected chi connectivity index (χ2v) is 8.76. The van der Waals surface area contributed by atoms with Crippen LogP contribution in [0.4, 0.5) is 0 Å². The summed E-state index contributed by atoms with van der Waals surface area (Å²) in [5, 5.41) is 5.45. The van der Waals surface area contributed by atoms with Crippen LogP contribution >= 0.6 is 11.8 Å². The molecule has 0 unspecified atom stereocenters. The molecule has 2 aliphatic rings. The quantitative estimate of drug-likeness (QED) is 0.340. The second-order valence-electron chi connectivity index (χ2n) is 7.71. The average molecular weight is 370 g/mol. The SMILES string of the molecule is c1cc2c3c(c1)-c1cccc4cccc(c14)B3c1ccc3ccccc3c1S2. The monoisotopic (exact) mass is 370 g/mol. The van der Waals surface area contributed by atoms with Gasteiger partial charge < -0.3 is 0 Å². The summed E-state index contributed by atoms with van der Waals surface area (Å²) < 4.78 is 0. The zero-order valence-corrected chi connectivity index (χ0v) is 16.0. The Balaban J connectivity index is 1.68. The number of fused-ring (bicyclic) bond motifs is 6. The first-order valence-corrected chi connectivity index (χ1v) is 10.6. The van der Waals surface area contributed by atoms with Crippen LogP contribution in [0.5, 0.6) is 0 Å². The minimum Gasteiger partial charge on any atom is -0.0905 e. The summed E-state index contributed by atoms with van der Waals surface area (Å²) in [4.78, 5) is 2.82. The number of rotatable bonds is 0. The Bertz CT molecular complexity index is 1450. The standard InChI is InChI=1S/C26H15BS/c1-2-9-18-16(6-1)14-15-22-26(18)28-23-13-5-11-20-19-10-3-7-17-8-4-12-21(24(17)19)27(22)25(20)23/h1-15H. The van der Waals surface area contributed by atoms with Crippen LogP contribution in [0.1, 0.15) is 0 Å². The Morgan fingerprint density at radius 2 is 1.36 bits per heavy atom. The Hall–Kier alpha value is -2.97. The minimum atomic E-state index is 0.311. The summed E-state index contributed by atoms with van der Waals surface area (Å²) in [6, 6.07) is 33.8. The maximum absolute atomic E-state index is 2.36. The predicted molar refractivity (Wildman–Crippen MR) is 122 cm³/mol. The van der Waals surface area contributed by atoms with Crippen LogP contribution in [0.2, 0.25) is 0 Å². The van der Waals surface area contributed by atoms with E-state index < -0.39 is 0 Å². The lowest BCUT2D eigenvalue weighted by Crippen LogP contribution is -2.57. The smallest absolute Gasteiger partial charge is 0.0905 e. The molecule has 0 atom stereocenters. The van der Waals surface area contributed by atoms with Gasteiger partial charge in [0.1, 0.15) is 0 Å². The molecule has 0 saturated heterocycles. The molecule has 2 heterocycles. The molecule has 28 heavy (non-hydrogen) atoms. The van der Waals surface area contributed by atoms with Crippen LogP contribution in [0, 0.1) is 0 Å². The Kier molecular flexibility index (Phi) is 2.84. The summed E-state index contributed by atoms with van der Waals surface area (Å²) in [6.07, 6.45) is 0. The molecule has 0 N–H and O–H groups in total. The van der Waals surface area contributed by atoms with Gasteiger partial charge in [-0.05, 0) is 44.2 Å². The Labute approximate surface area is 168 Å². The van der Waals surface area contributed by atoms with Crippen LogP contribution in [0.25, 0.3) is 32.7 Å². The molecule has 7 rings (SSSR count). The van der Waals surface area contributed by atoms with E-state index in [0.29, 0.717) is 6.71 Å². The fraction of sp³-hybridized carbons (Fsp3) is 0. The van der Waals surface area contributed by atoms with Gasteiger partial charge in [-0.3, -0.25) is 0 Å². The summed E-state index contributed by atoms with van der Waals surface area (Å²) in [5.41, 5.74) is 7.17. The molecule has 0 amide bonds. The van der Waals surface area contributed by atoms with E-state index in [2.05, 4.69) is 91.0 Å². The normalized spacial score (nSPS) is 13.5. The van der Waals surface area contributed by atoms with Crippen molar-refractivity contribution in [1.82, 2.24) is 0 Å². The molecule has 0 spiro atoms. The van der Waals surface area contributed by atoms with E-state index in [4.69, 9.17) is 0 Å². The zero-order valence-electron chi connectivity index (χ0n) is 15.1. The molecule has 0 nitrogen and oxygen atoms in total. The molecule has 0 fully saturated rings. The van der Waals surface area contributed by atoms with Gasteiger partial charge in [0.2, 0.25) is 6.71 Å². The van der Waals surface area contributed by atoms with E-state index in [-0.39, 0.29) is 0 Å². The first-order valence-electron chi connectivity index (χ1n) is 9.74. The Morgan fingerprint density at radius 1 is 0.571 bits per heavy atom. The maximum Gasteiger partial charge on any atom is 0.245 e. The van der Waals surface area contributed by atoms with Crippen molar-refractivity contribution in [2.75, 3.05) is 0 Å². The van der Waals surface area contributed by atoms with Crippen LogP contribution < -0.4 is 16.4 Å². The summed E-state index contributed by atoms with van der Waals surface area (Å²) >= 11 is 1.94. The third-order valence-corrected chi connectivity index (χ3v) is 7.56. The second kappa shape index (κ2) is 5.30. The van der Waals surface area contributed by atoms with Gasteiger partial charge in [0.15, 0.2) is 0 Å². The largest absolute Gasteiger partial charge is 0.245 e. The van der Waals surface area contributed by atoms with E-state index in [0.717, 1.165) is 0 Å². The molecule has 0 aromatic heterocycles. The molecule has 0 radical (unpaired) electrons. The molecule has 0 bridgehead atoms. The van der Waals surface area contributed by atoms with Gasteiger partial charge in [0.25, 0.3) is 0 Å². The predicted octanol–water partition coefficient (Wildman–Crippen LogP) is 4.95. The summed E-state index contributed by atoms with van der Waals surface area (Å²) in [6.45, 7) is 0.311. The topological polar surface area (TPSA) is 0 Å². The highest BCUT2D eigenvalue weighted by molar-refractivity contribution is 8.00. The van der Waals surface area contributed by atoms with E-state index in [1.54, 1.807) is 0 Å². The van der Waals surface area contributed by atoms with Crippen molar-refractivity contribution in [2.45, 2.75) is 9.79 Å². The van der Waals surface area contributed by atoms with Gasteiger partial charge in [-0.2, -0.15) is 0 Å². The average Bonchev–Trinajstić information content (AvgIpc) is 2.76. The lowest BCUT2D eigenvalue weighted by molar-refractivity contribution is 1.46. The lowest BCUT2D eigenvalue weighted by Gasteiger charge is -2.33. The van der Waals surface area contributed by atoms with Crippen molar-refractivity contribution in [3.63, 3.8) is 0 Å². The van der Waals surface area contributed by atoms with E-state index in [1.807, 2.05) is 11.8 Å². The van der Waals surface area contributed by atoms with E-state index in [9.17, 15) is 0 Å². The van der Waals surface area contributed by atoms with Crippen LogP contribution in [-0.2, 0) is 0 Å². The highest BCUT2D eigenvalue weighted by Gasteiger charge is 2.38. The van der Waals surface area contributed by atoms with Crippen molar-refractivity contribution in [3.05, 3.63) is 91.0 Å². The highest BCUT2D eigenvalue weighted by atomic mass is 32.2. The number of benzene rings is 5. The van der Waals surface area contributed by atoms with Crippen molar-refractivity contribution < 1.29 is 0 Å². The van der Waals surface area contributed by atoms with Crippen LogP contribution in [0.15, 0.2) is 101 Å². The highest BCUT2D eigenvalue weighted by Crippen LogP contribution is 2.40. The molecular formula is C26H15BS. The zero-order chi connectivity index (χ0) is 18.2. The number of hydrogen-bond donors (Lipinski definition) is 0. The van der Waals surface area contributed by atoms with Crippen molar-refractivity contribution in [3.8, 4) is 11.1 Å². The molecule has 2 aliphatic heterocycles. The van der Waals surface area contributed by atoms with Crippen molar-refractivity contribution in [2.24, 2.45) is 0 Å². The number of hydrogen-bond acceptors (Lipinski definition) is 1. The van der Waals surface area contributed by atoms with Gasteiger partial charge in [-0.25, -0.2) is 0 Å². The Morgan fingerprint density at radius 3 is 2.32 bits per heavy atom. The van der Waals surface area contributed by atoms with Gasteiger partial charge in [-0.1, -0.05) is 108 Å². The van der Waals surface area contributed by atoms with Gasteiger partial charge in [-0.15, -0.1) is 0 Å². The molecule has 0 saturated carbocycles. The lowest BCUT2D eigenvalue weighted by atomic mass is 9.33. The first-order chi connectivity index (χ1) is 13.9. The van der Waals surface area contributed by atoms with E-state index >= 15 is 0 Å². The molecule has 128 valence electrons. The fourth-order valence-corrected chi connectivity index (χ4v) is 6.49. The molecular weight excluding hydrogens is 355 g/mol. The third kappa shape index (κ3) is 1.79. The minimum absolute atomic E-state index is 0.311.